The molecule has 32 heavy (non-hydrogen) atoms. The molecule has 0 unspecified atom stereocenters. The zero-order valence-electron chi connectivity index (χ0n) is 18.0. The average molecular weight is 438 g/mol. The monoisotopic (exact) mass is 438 g/mol. The summed E-state index contributed by atoms with van der Waals surface area (Å²) in [7, 11) is 0. The van der Waals surface area contributed by atoms with Gasteiger partial charge < -0.3 is 4.57 Å². The molecule has 2 aliphatic carbocycles. The maximum absolute atomic E-state index is 13.2. The molecule has 0 bridgehead atoms. The molecule has 2 fully saturated rings. The summed E-state index contributed by atoms with van der Waals surface area (Å²) in [4.78, 5) is 4.71. The summed E-state index contributed by atoms with van der Waals surface area (Å²) < 4.78 is 41.7. The summed E-state index contributed by atoms with van der Waals surface area (Å²) in [5.74, 6) is 0. The van der Waals surface area contributed by atoms with Crippen LogP contribution in [0, 0.1) is 11.3 Å². The third-order valence-corrected chi connectivity index (χ3v) is 7.01. The van der Waals surface area contributed by atoms with Crippen LogP contribution in [0.1, 0.15) is 61.8 Å². The van der Waals surface area contributed by atoms with Crippen LogP contribution in [0.3, 0.4) is 0 Å². The summed E-state index contributed by atoms with van der Waals surface area (Å²) >= 11 is 0. The van der Waals surface area contributed by atoms with Crippen LogP contribution in [0.2, 0.25) is 0 Å². The van der Waals surface area contributed by atoms with Crippen LogP contribution in [-0.4, -0.2) is 21.3 Å². The molecule has 2 heterocycles. The van der Waals surface area contributed by atoms with Crippen molar-refractivity contribution in [3.8, 4) is 17.3 Å². The van der Waals surface area contributed by atoms with Gasteiger partial charge in [0, 0.05) is 24.2 Å². The van der Waals surface area contributed by atoms with E-state index in [0.717, 1.165) is 59.1 Å². The molecule has 0 atom stereocenters. The van der Waals surface area contributed by atoms with Gasteiger partial charge >= 0.3 is 6.18 Å². The van der Waals surface area contributed by atoms with Gasteiger partial charge in [0.25, 0.3) is 0 Å². The Morgan fingerprint density at radius 3 is 2.44 bits per heavy atom. The fraction of sp³-hybridized carbons (Fsp3) is 0.440. The fourth-order valence-corrected chi connectivity index (χ4v) is 4.56. The van der Waals surface area contributed by atoms with Gasteiger partial charge in [-0.25, -0.2) is 4.98 Å². The predicted octanol–water partition coefficient (Wildman–Crippen LogP) is 6.05. The second kappa shape index (κ2) is 7.63. The third kappa shape index (κ3) is 3.38. The Bertz CT molecular complexity index is 1190. The number of alkyl halides is 3. The molecule has 2 aliphatic rings. The van der Waals surface area contributed by atoms with E-state index < -0.39 is 11.7 Å². The van der Waals surface area contributed by atoms with E-state index in [1.54, 1.807) is 0 Å². The van der Waals surface area contributed by atoms with Crippen molar-refractivity contribution in [1.29, 1.82) is 5.26 Å². The second-order valence-corrected chi connectivity index (χ2v) is 8.99. The number of nitrogens with one attached hydrogen (secondary N) is 1. The third-order valence-electron chi connectivity index (χ3n) is 7.01. The highest BCUT2D eigenvalue weighted by Crippen LogP contribution is 2.49. The Morgan fingerprint density at radius 1 is 1.19 bits per heavy atom. The van der Waals surface area contributed by atoms with E-state index in [9.17, 15) is 18.4 Å². The zero-order chi connectivity index (χ0) is 22.5. The molecule has 0 radical (unpaired) electrons. The normalized spacial score (nSPS) is 17.8. The maximum atomic E-state index is 13.2. The van der Waals surface area contributed by atoms with Gasteiger partial charge in [-0.2, -0.15) is 18.4 Å². The fourth-order valence-electron chi connectivity index (χ4n) is 4.56. The van der Waals surface area contributed by atoms with E-state index in [2.05, 4.69) is 28.9 Å². The van der Waals surface area contributed by atoms with E-state index in [-0.39, 0.29) is 19.4 Å². The summed E-state index contributed by atoms with van der Waals surface area (Å²) in [6.07, 6.45) is 2.04. The Balaban J connectivity index is 1.51. The molecule has 166 valence electrons. The molecule has 7 heteroatoms. The highest BCUT2D eigenvalue weighted by molar-refractivity contribution is 5.93. The van der Waals surface area contributed by atoms with Crippen LogP contribution in [0.15, 0.2) is 36.5 Å². The Labute approximate surface area is 185 Å². The molecule has 2 saturated carbocycles. The minimum absolute atomic E-state index is 0.133. The van der Waals surface area contributed by atoms with E-state index in [1.807, 2.05) is 30.5 Å². The summed E-state index contributed by atoms with van der Waals surface area (Å²) in [5.41, 5.74) is 3.37. The van der Waals surface area contributed by atoms with Gasteiger partial charge in [0.05, 0.1) is 11.3 Å². The molecule has 2 aromatic heterocycles. The SMILES string of the molecule is CCc1cnc2c(c1)c(C#N)c(-c1ccc(CNC3(C(F)(F)F)CC3)cc1)n2C1CCC1. The quantitative estimate of drug-likeness (QED) is 0.510. The van der Waals surface area contributed by atoms with Crippen LogP contribution in [-0.2, 0) is 13.0 Å². The van der Waals surface area contributed by atoms with Crippen molar-refractivity contribution in [2.24, 2.45) is 0 Å². The van der Waals surface area contributed by atoms with Crippen LogP contribution >= 0.6 is 0 Å². The molecular weight excluding hydrogens is 413 g/mol. The lowest BCUT2D eigenvalue weighted by Gasteiger charge is -2.29. The molecule has 0 amide bonds. The number of hydrogen-bond acceptors (Lipinski definition) is 3. The number of fused-ring (bicyclic) bond motifs is 1. The minimum Gasteiger partial charge on any atom is -0.321 e. The lowest BCUT2D eigenvalue weighted by atomic mass is 9.92. The van der Waals surface area contributed by atoms with Crippen molar-refractivity contribution in [2.45, 2.75) is 69.8 Å². The number of halogens is 3. The smallest absolute Gasteiger partial charge is 0.321 e. The number of nitriles is 1. The molecule has 4 nitrogen and oxygen atoms in total. The highest BCUT2D eigenvalue weighted by atomic mass is 19.4. The largest absolute Gasteiger partial charge is 0.406 e. The second-order valence-electron chi connectivity index (χ2n) is 8.99. The maximum Gasteiger partial charge on any atom is 0.406 e. The van der Waals surface area contributed by atoms with Crippen molar-refractivity contribution >= 4 is 11.0 Å². The van der Waals surface area contributed by atoms with Crippen molar-refractivity contribution in [3.05, 3.63) is 53.2 Å². The molecule has 0 saturated heterocycles. The van der Waals surface area contributed by atoms with E-state index >= 15 is 0 Å². The Morgan fingerprint density at radius 2 is 1.91 bits per heavy atom. The van der Waals surface area contributed by atoms with Crippen molar-refractivity contribution in [2.75, 3.05) is 0 Å². The Kier molecular flexibility index (Phi) is 5.01. The number of benzene rings is 1. The van der Waals surface area contributed by atoms with Crippen LogP contribution < -0.4 is 5.32 Å². The molecule has 5 rings (SSSR count). The molecule has 3 aromatic rings. The van der Waals surface area contributed by atoms with Crippen LogP contribution in [0.4, 0.5) is 13.2 Å². The number of hydrogen-bond donors (Lipinski definition) is 1. The first kappa shape index (κ1) is 21.0. The topological polar surface area (TPSA) is 53.6 Å². The van der Waals surface area contributed by atoms with Crippen LogP contribution in [0.25, 0.3) is 22.3 Å². The van der Waals surface area contributed by atoms with Gasteiger partial charge in [0.15, 0.2) is 0 Å². The minimum atomic E-state index is -4.22. The lowest BCUT2D eigenvalue weighted by molar-refractivity contribution is -0.166. The number of rotatable bonds is 6. The summed E-state index contributed by atoms with van der Waals surface area (Å²) in [5, 5.41) is 13.6. The number of nitrogens with zero attached hydrogens (tertiary/aromatic N) is 3. The Hall–Kier alpha value is -2.85. The predicted molar refractivity (Wildman–Crippen MR) is 117 cm³/mol. The molecule has 0 aliphatic heterocycles. The summed E-state index contributed by atoms with van der Waals surface area (Å²) in [6, 6.07) is 12.3. The first-order valence-corrected chi connectivity index (χ1v) is 11.2. The molecule has 0 spiro atoms. The average Bonchev–Trinajstić information content (AvgIpc) is 3.49. The van der Waals surface area contributed by atoms with Crippen molar-refractivity contribution in [1.82, 2.24) is 14.9 Å². The van der Waals surface area contributed by atoms with Crippen molar-refractivity contribution in [3.63, 3.8) is 0 Å². The lowest BCUT2D eigenvalue weighted by Crippen LogP contribution is -2.44. The van der Waals surface area contributed by atoms with E-state index in [1.165, 1.54) is 0 Å². The molecule has 1 N–H and O–H groups in total. The van der Waals surface area contributed by atoms with Gasteiger partial charge in [-0.3, -0.25) is 5.32 Å². The zero-order valence-corrected chi connectivity index (χ0v) is 18.0. The van der Waals surface area contributed by atoms with Gasteiger partial charge in [-0.1, -0.05) is 31.2 Å². The molecular formula is C25H25F3N4. The first-order valence-electron chi connectivity index (χ1n) is 11.2. The van der Waals surface area contributed by atoms with Crippen molar-refractivity contribution < 1.29 is 13.2 Å². The standard InChI is InChI=1S/C25H25F3N4/c1-2-16-12-20-21(13-29)22(32(19-4-3-5-19)23(20)30-14-16)18-8-6-17(7-9-18)15-31-24(10-11-24)25(26,27)28/h6-9,12,14,19,31H,2-5,10-11,15H2,1H3. The first-order chi connectivity index (χ1) is 15.4. The number of aromatic nitrogens is 2. The van der Waals surface area contributed by atoms with Gasteiger partial charge in [-0.15, -0.1) is 0 Å². The van der Waals surface area contributed by atoms with Gasteiger partial charge in [0.1, 0.15) is 17.3 Å². The van der Waals surface area contributed by atoms with Gasteiger partial charge in [0.2, 0.25) is 0 Å². The van der Waals surface area contributed by atoms with E-state index in [0.29, 0.717) is 11.6 Å². The number of pyridine rings is 1. The van der Waals surface area contributed by atoms with E-state index in [4.69, 9.17) is 4.98 Å². The highest BCUT2D eigenvalue weighted by Gasteiger charge is 2.62. The van der Waals surface area contributed by atoms with Crippen LogP contribution in [0.5, 0.6) is 0 Å². The summed E-state index contributed by atoms with van der Waals surface area (Å²) in [6.45, 7) is 2.23. The molecule has 1 aromatic carbocycles. The number of aryl methyl sites for hydroxylation is 1. The van der Waals surface area contributed by atoms with Gasteiger partial charge in [-0.05, 0) is 61.3 Å².